The Morgan fingerprint density at radius 3 is 2.55 bits per heavy atom. The van der Waals surface area contributed by atoms with Gasteiger partial charge in [0.15, 0.2) is 0 Å². The van der Waals surface area contributed by atoms with Crippen molar-refractivity contribution >= 4 is 41.7 Å². The highest BCUT2D eigenvalue weighted by atomic mass is 16.4. The number of carbonyl (C=O) groups excluding carboxylic acids is 2. The van der Waals surface area contributed by atoms with Crippen LogP contribution in [0.4, 0.5) is 5.69 Å². The lowest BCUT2D eigenvalue weighted by atomic mass is 9.67. The molecule has 0 spiro atoms. The Kier molecular flexibility index (Phi) is 9.75. The van der Waals surface area contributed by atoms with E-state index in [1.54, 1.807) is 36.5 Å². The zero-order valence-corrected chi connectivity index (χ0v) is 24.6. The first-order chi connectivity index (χ1) is 21.2. The van der Waals surface area contributed by atoms with Crippen LogP contribution in [0.1, 0.15) is 50.3 Å². The summed E-state index contributed by atoms with van der Waals surface area (Å²) in [4.78, 5) is 33.1. The average Bonchev–Trinajstić information content (AvgIpc) is 3.27. The van der Waals surface area contributed by atoms with Crippen molar-refractivity contribution in [3.05, 3.63) is 95.3 Å². The van der Waals surface area contributed by atoms with Crippen LogP contribution in [-0.4, -0.2) is 62.0 Å². The molecular formula is C34H37BN2O7. The zero-order chi connectivity index (χ0) is 31.4. The molecule has 228 valence electrons. The Balaban J connectivity index is 1.45. The number of anilines is 1. The number of phenolic OH excluding ortho intramolecular Hbond substituents is 1. The highest BCUT2D eigenvalue weighted by Gasteiger charge is 2.55. The second kappa shape index (κ2) is 13.7. The molecule has 2 aliphatic rings. The zero-order valence-electron chi connectivity index (χ0n) is 24.6. The average molecular weight is 596 g/mol. The van der Waals surface area contributed by atoms with Gasteiger partial charge in [0.1, 0.15) is 5.75 Å². The SMILES string of the molecule is CCCC1=C([C@H](O)CC/C(=C/c2cccc(O)c2)c2ccccn2)[C@H](CO)[C@@H]2C(=O)N(c3cccc(B(O)O)c3)C(=O)[C@@H]2C1. The Labute approximate surface area is 257 Å². The van der Waals surface area contributed by atoms with E-state index in [1.165, 1.54) is 12.1 Å². The van der Waals surface area contributed by atoms with Crippen molar-refractivity contribution in [2.45, 2.75) is 45.1 Å². The molecule has 0 radical (unpaired) electrons. The maximum absolute atomic E-state index is 13.8. The molecule has 0 unspecified atom stereocenters. The summed E-state index contributed by atoms with van der Waals surface area (Å²) in [7, 11) is -1.76. The van der Waals surface area contributed by atoms with Crippen LogP contribution in [0.15, 0.2) is 84.1 Å². The van der Waals surface area contributed by atoms with E-state index in [9.17, 15) is 35.0 Å². The van der Waals surface area contributed by atoms with E-state index < -0.39 is 49.4 Å². The van der Waals surface area contributed by atoms with Gasteiger partial charge < -0.3 is 25.4 Å². The number of amides is 2. The molecule has 1 aliphatic carbocycles. The standard InChI is InChI=1S/C34H37BN2O7/c1-2-7-23-18-27-32(34(42)37(33(27)41)25-10-6-9-24(19-25)35(43)44)28(20-38)31(23)30(40)14-13-22(29-12-3-4-15-36-29)16-21-8-5-11-26(39)17-21/h3-6,8-12,15-17,19,27-28,30,32,38-40,43-44H,2,7,13-14,18,20H2,1H3/b22-16-/t27-,28+,30-,32-/m1/s1. The first kappa shape index (κ1) is 31.3. The Bertz CT molecular complexity index is 1570. The van der Waals surface area contributed by atoms with E-state index >= 15 is 0 Å². The molecule has 1 saturated heterocycles. The second-order valence-electron chi connectivity index (χ2n) is 11.4. The Hall–Kier alpha value is -4.09. The van der Waals surface area contributed by atoms with Gasteiger partial charge in [-0.1, -0.05) is 49.2 Å². The smallest absolute Gasteiger partial charge is 0.488 e. The third kappa shape index (κ3) is 6.39. The van der Waals surface area contributed by atoms with Gasteiger partial charge in [0, 0.05) is 12.1 Å². The summed E-state index contributed by atoms with van der Waals surface area (Å²) in [5.41, 5.74) is 4.28. The Morgan fingerprint density at radius 2 is 1.86 bits per heavy atom. The number of pyridine rings is 1. The monoisotopic (exact) mass is 596 g/mol. The second-order valence-corrected chi connectivity index (χ2v) is 11.4. The Morgan fingerprint density at radius 1 is 1.07 bits per heavy atom. The molecule has 3 aromatic rings. The maximum Gasteiger partial charge on any atom is 0.488 e. The van der Waals surface area contributed by atoms with Gasteiger partial charge in [0.25, 0.3) is 0 Å². The third-order valence-electron chi connectivity index (χ3n) is 8.61. The number of aliphatic hydroxyl groups is 2. The van der Waals surface area contributed by atoms with Crippen LogP contribution in [0.3, 0.4) is 0 Å². The molecule has 5 N–H and O–H groups in total. The number of aromatic hydroxyl groups is 1. The normalized spacial score (nSPS) is 21.1. The van der Waals surface area contributed by atoms with E-state index in [4.69, 9.17) is 0 Å². The number of aliphatic hydroxyl groups excluding tert-OH is 2. The molecule has 2 amide bonds. The molecule has 1 aromatic heterocycles. The summed E-state index contributed by atoms with van der Waals surface area (Å²) in [5, 5.41) is 51.6. The molecule has 0 saturated carbocycles. The van der Waals surface area contributed by atoms with Crippen molar-refractivity contribution in [1.82, 2.24) is 4.98 Å². The molecule has 2 aromatic carbocycles. The van der Waals surface area contributed by atoms with Gasteiger partial charge in [-0.25, -0.2) is 0 Å². The quantitative estimate of drug-likeness (QED) is 0.129. The summed E-state index contributed by atoms with van der Waals surface area (Å²) in [6.45, 7) is 1.60. The van der Waals surface area contributed by atoms with E-state index in [-0.39, 0.29) is 16.9 Å². The predicted molar refractivity (Wildman–Crippen MR) is 168 cm³/mol. The molecule has 1 fully saturated rings. The lowest BCUT2D eigenvalue weighted by molar-refractivity contribution is -0.123. The number of fused-ring (bicyclic) bond motifs is 1. The van der Waals surface area contributed by atoms with E-state index in [0.717, 1.165) is 33.7 Å². The molecule has 0 bridgehead atoms. The van der Waals surface area contributed by atoms with Crippen LogP contribution in [0.2, 0.25) is 0 Å². The number of carbonyl (C=O) groups is 2. The fourth-order valence-corrected chi connectivity index (χ4v) is 6.67. The van der Waals surface area contributed by atoms with Crippen molar-refractivity contribution < 1.29 is 35.0 Å². The number of hydrogen-bond donors (Lipinski definition) is 5. The van der Waals surface area contributed by atoms with Gasteiger partial charge in [-0.15, -0.1) is 0 Å². The minimum Gasteiger partial charge on any atom is -0.508 e. The molecule has 44 heavy (non-hydrogen) atoms. The number of hydrogen-bond acceptors (Lipinski definition) is 8. The van der Waals surface area contributed by atoms with Gasteiger partial charge in [-0.2, -0.15) is 0 Å². The highest BCUT2D eigenvalue weighted by molar-refractivity contribution is 6.58. The number of benzene rings is 2. The molecular weight excluding hydrogens is 559 g/mol. The first-order valence-electron chi connectivity index (χ1n) is 15.0. The third-order valence-corrected chi connectivity index (χ3v) is 8.61. The van der Waals surface area contributed by atoms with Gasteiger partial charge in [-0.3, -0.25) is 19.5 Å². The first-order valence-corrected chi connectivity index (χ1v) is 15.0. The van der Waals surface area contributed by atoms with Crippen LogP contribution in [-0.2, 0) is 9.59 Å². The van der Waals surface area contributed by atoms with E-state index in [2.05, 4.69) is 4.98 Å². The molecule has 10 heteroatoms. The van der Waals surface area contributed by atoms with Gasteiger partial charge in [-0.05, 0) is 90.3 Å². The number of nitrogens with zero attached hydrogens (tertiary/aromatic N) is 2. The summed E-state index contributed by atoms with van der Waals surface area (Å²) in [5.74, 6) is -3.00. The van der Waals surface area contributed by atoms with Crippen molar-refractivity contribution in [2.75, 3.05) is 11.5 Å². The van der Waals surface area contributed by atoms with Crippen molar-refractivity contribution in [3.63, 3.8) is 0 Å². The number of imide groups is 1. The number of allylic oxidation sites excluding steroid dienone is 2. The molecule has 2 heterocycles. The molecule has 5 rings (SSSR count). The van der Waals surface area contributed by atoms with E-state index in [0.29, 0.717) is 31.3 Å². The molecule has 1 aliphatic heterocycles. The minimum absolute atomic E-state index is 0.139. The highest BCUT2D eigenvalue weighted by Crippen LogP contribution is 2.48. The fourth-order valence-electron chi connectivity index (χ4n) is 6.67. The van der Waals surface area contributed by atoms with Gasteiger partial charge in [0.05, 0.1) is 35.9 Å². The van der Waals surface area contributed by atoms with Crippen LogP contribution < -0.4 is 10.4 Å². The van der Waals surface area contributed by atoms with Crippen LogP contribution in [0.5, 0.6) is 5.75 Å². The summed E-state index contributed by atoms with van der Waals surface area (Å²) < 4.78 is 0. The van der Waals surface area contributed by atoms with Crippen molar-refractivity contribution in [2.24, 2.45) is 17.8 Å². The van der Waals surface area contributed by atoms with Crippen LogP contribution in [0.25, 0.3) is 11.6 Å². The number of aromatic nitrogens is 1. The summed E-state index contributed by atoms with van der Waals surface area (Å²) >= 11 is 0. The summed E-state index contributed by atoms with van der Waals surface area (Å²) in [6.07, 6.45) is 5.04. The fraction of sp³-hybridized carbons (Fsp3) is 0.324. The van der Waals surface area contributed by atoms with Crippen molar-refractivity contribution in [3.8, 4) is 5.75 Å². The van der Waals surface area contributed by atoms with Crippen LogP contribution in [0, 0.1) is 17.8 Å². The lowest BCUT2D eigenvalue weighted by Gasteiger charge is -2.36. The maximum atomic E-state index is 13.8. The molecule has 9 nitrogen and oxygen atoms in total. The summed E-state index contributed by atoms with van der Waals surface area (Å²) in [6, 6.07) is 18.5. The van der Waals surface area contributed by atoms with Crippen LogP contribution >= 0.6 is 0 Å². The molecule has 4 atom stereocenters. The largest absolute Gasteiger partial charge is 0.508 e. The minimum atomic E-state index is -1.76. The lowest BCUT2D eigenvalue weighted by Crippen LogP contribution is -2.39. The van der Waals surface area contributed by atoms with Gasteiger partial charge >= 0.3 is 7.12 Å². The number of rotatable bonds is 11. The van der Waals surface area contributed by atoms with Gasteiger partial charge in [0.2, 0.25) is 11.8 Å². The van der Waals surface area contributed by atoms with Crippen molar-refractivity contribution in [1.29, 1.82) is 0 Å². The topological polar surface area (TPSA) is 151 Å². The van der Waals surface area contributed by atoms with E-state index in [1.807, 2.05) is 37.3 Å². The predicted octanol–water partition coefficient (Wildman–Crippen LogP) is 3.06. The number of phenols is 1.